The standard InChI is InChI=1S/C18H18Cl2N2O3/c1-21-18(24)12-4-2-5-14(10-12)22-17(23)6-3-9-25-16-8-7-13(19)11-15(16)20/h2,4-5,7-8,10-11H,3,6,9H2,1H3,(H,21,24)(H,22,23). The van der Waals surface area contributed by atoms with Gasteiger partial charge in [-0.15, -0.1) is 0 Å². The average molecular weight is 381 g/mol. The Morgan fingerprint density at radius 2 is 1.92 bits per heavy atom. The number of hydrogen-bond acceptors (Lipinski definition) is 3. The fourth-order valence-corrected chi connectivity index (χ4v) is 2.58. The maximum absolute atomic E-state index is 12.0. The van der Waals surface area contributed by atoms with Crippen LogP contribution in [0, 0.1) is 0 Å². The molecule has 0 unspecified atom stereocenters. The van der Waals surface area contributed by atoms with Gasteiger partial charge >= 0.3 is 0 Å². The zero-order chi connectivity index (χ0) is 18.2. The van der Waals surface area contributed by atoms with Gasteiger partial charge in [-0.1, -0.05) is 29.3 Å². The van der Waals surface area contributed by atoms with E-state index in [1.165, 1.54) is 0 Å². The topological polar surface area (TPSA) is 67.4 Å². The third-order valence-electron chi connectivity index (χ3n) is 3.34. The summed E-state index contributed by atoms with van der Waals surface area (Å²) in [6, 6.07) is 11.7. The minimum atomic E-state index is -0.204. The minimum absolute atomic E-state index is 0.153. The first-order valence-corrected chi connectivity index (χ1v) is 8.45. The molecule has 0 bridgehead atoms. The molecule has 132 valence electrons. The van der Waals surface area contributed by atoms with Crippen LogP contribution < -0.4 is 15.4 Å². The lowest BCUT2D eigenvalue weighted by Crippen LogP contribution is -2.18. The second-order valence-corrected chi connectivity index (χ2v) is 6.08. The Bertz CT molecular complexity index is 766. The highest BCUT2D eigenvalue weighted by Gasteiger charge is 2.07. The number of nitrogens with one attached hydrogen (secondary N) is 2. The van der Waals surface area contributed by atoms with Crippen molar-refractivity contribution in [3.63, 3.8) is 0 Å². The highest BCUT2D eigenvalue weighted by Crippen LogP contribution is 2.27. The molecule has 7 heteroatoms. The maximum Gasteiger partial charge on any atom is 0.251 e. The number of rotatable bonds is 7. The SMILES string of the molecule is CNC(=O)c1cccc(NC(=O)CCCOc2ccc(Cl)cc2Cl)c1. The van der Waals surface area contributed by atoms with E-state index < -0.39 is 0 Å². The number of halogens is 2. The zero-order valence-electron chi connectivity index (χ0n) is 13.6. The second kappa shape index (κ2) is 9.30. The molecular weight excluding hydrogens is 363 g/mol. The lowest BCUT2D eigenvalue weighted by molar-refractivity contribution is -0.116. The molecule has 2 aromatic carbocycles. The molecule has 0 radical (unpaired) electrons. The van der Waals surface area contributed by atoms with Crippen LogP contribution in [0.5, 0.6) is 5.75 Å². The highest BCUT2D eigenvalue weighted by molar-refractivity contribution is 6.35. The molecular formula is C18H18Cl2N2O3. The van der Waals surface area contributed by atoms with Gasteiger partial charge in [0.1, 0.15) is 5.75 Å². The van der Waals surface area contributed by atoms with Crippen LogP contribution in [0.4, 0.5) is 5.69 Å². The van der Waals surface area contributed by atoms with E-state index in [1.54, 1.807) is 49.5 Å². The number of carbonyl (C=O) groups is 2. The predicted molar refractivity (Wildman–Crippen MR) is 99.7 cm³/mol. The molecule has 2 rings (SSSR count). The Balaban J connectivity index is 1.78. The summed E-state index contributed by atoms with van der Waals surface area (Å²) < 4.78 is 5.53. The van der Waals surface area contributed by atoms with Crippen molar-refractivity contribution in [3.05, 3.63) is 58.1 Å². The number of benzene rings is 2. The Kier molecular flexibility index (Phi) is 7.10. The van der Waals surface area contributed by atoms with Gasteiger partial charge in [0, 0.05) is 29.7 Å². The van der Waals surface area contributed by atoms with Crippen LogP contribution in [0.25, 0.3) is 0 Å². The third-order valence-corrected chi connectivity index (χ3v) is 3.87. The summed E-state index contributed by atoms with van der Waals surface area (Å²) >= 11 is 11.8. The minimum Gasteiger partial charge on any atom is -0.492 e. The van der Waals surface area contributed by atoms with Crippen molar-refractivity contribution < 1.29 is 14.3 Å². The van der Waals surface area contributed by atoms with Gasteiger partial charge in [0.15, 0.2) is 0 Å². The highest BCUT2D eigenvalue weighted by atomic mass is 35.5. The third kappa shape index (κ3) is 5.96. The van der Waals surface area contributed by atoms with E-state index in [1.807, 2.05) is 0 Å². The first-order chi connectivity index (χ1) is 12.0. The molecule has 5 nitrogen and oxygen atoms in total. The van der Waals surface area contributed by atoms with Crippen LogP contribution in [0.2, 0.25) is 10.0 Å². The fraction of sp³-hybridized carbons (Fsp3) is 0.222. The van der Waals surface area contributed by atoms with Crippen LogP contribution in [-0.2, 0) is 4.79 Å². The van der Waals surface area contributed by atoms with Crippen molar-refractivity contribution in [2.24, 2.45) is 0 Å². The van der Waals surface area contributed by atoms with Crippen LogP contribution in [0.15, 0.2) is 42.5 Å². The van der Waals surface area contributed by atoms with E-state index in [9.17, 15) is 9.59 Å². The van der Waals surface area contributed by atoms with E-state index in [2.05, 4.69) is 10.6 Å². The van der Waals surface area contributed by atoms with E-state index in [-0.39, 0.29) is 18.2 Å². The number of anilines is 1. The van der Waals surface area contributed by atoms with Crippen LogP contribution in [0.1, 0.15) is 23.2 Å². The van der Waals surface area contributed by atoms with Gasteiger partial charge in [-0.2, -0.15) is 0 Å². The molecule has 2 amide bonds. The first-order valence-electron chi connectivity index (χ1n) is 7.69. The number of carbonyl (C=O) groups excluding carboxylic acids is 2. The van der Waals surface area contributed by atoms with Crippen LogP contribution in [-0.4, -0.2) is 25.5 Å². The Labute approximate surface area is 156 Å². The van der Waals surface area contributed by atoms with Crippen molar-refractivity contribution in [2.45, 2.75) is 12.8 Å². The van der Waals surface area contributed by atoms with Crippen molar-refractivity contribution in [3.8, 4) is 5.75 Å². The molecule has 0 aromatic heterocycles. The van der Waals surface area contributed by atoms with E-state index in [0.29, 0.717) is 40.1 Å². The summed E-state index contributed by atoms with van der Waals surface area (Å²) in [5, 5.41) is 6.27. The largest absolute Gasteiger partial charge is 0.492 e. The monoisotopic (exact) mass is 380 g/mol. The molecule has 0 atom stereocenters. The molecule has 0 saturated heterocycles. The predicted octanol–water partition coefficient (Wildman–Crippen LogP) is 4.15. The van der Waals surface area contributed by atoms with Gasteiger partial charge in [-0.25, -0.2) is 0 Å². The molecule has 2 N–H and O–H groups in total. The zero-order valence-corrected chi connectivity index (χ0v) is 15.2. The summed E-state index contributed by atoms with van der Waals surface area (Å²) in [6.45, 7) is 0.354. The molecule has 0 fully saturated rings. The lowest BCUT2D eigenvalue weighted by Gasteiger charge is -2.09. The lowest BCUT2D eigenvalue weighted by atomic mass is 10.2. The molecule has 0 aliphatic carbocycles. The number of ether oxygens (including phenoxy) is 1. The van der Waals surface area contributed by atoms with E-state index >= 15 is 0 Å². The van der Waals surface area contributed by atoms with Gasteiger partial charge in [0.05, 0.1) is 11.6 Å². The summed E-state index contributed by atoms with van der Waals surface area (Å²) in [7, 11) is 1.56. The van der Waals surface area contributed by atoms with Crippen LogP contribution >= 0.6 is 23.2 Å². The number of amides is 2. The van der Waals surface area contributed by atoms with Crippen molar-refractivity contribution in [1.29, 1.82) is 0 Å². The van der Waals surface area contributed by atoms with Gasteiger partial charge in [0.2, 0.25) is 5.91 Å². The maximum atomic E-state index is 12.0. The summed E-state index contributed by atoms with van der Waals surface area (Å²) in [4.78, 5) is 23.6. The summed E-state index contributed by atoms with van der Waals surface area (Å²) in [5.74, 6) is 0.175. The Hall–Kier alpha value is -2.24. The second-order valence-electron chi connectivity index (χ2n) is 5.23. The van der Waals surface area contributed by atoms with E-state index in [4.69, 9.17) is 27.9 Å². The molecule has 25 heavy (non-hydrogen) atoms. The average Bonchev–Trinajstić information content (AvgIpc) is 2.59. The van der Waals surface area contributed by atoms with Gasteiger partial charge in [-0.05, 0) is 42.8 Å². The Morgan fingerprint density at radius 1 is 1.12 bits per heavy atom. The van der Waals surface area contributed by atoms with Crippen molar-refractivity contribution in [2.75, 3.05) is 19.0 Å². The fourth-order valence-electron chi connectivity index (χ4n) is 2.11. The Morgan fingerprint density at radius 3 is 2.64 bits per heavy atom. The molecule has 2 aromatic rings. The smallest absolute Gasteiger partial charge is 0.251 e. The molecule has 0 aliphatic rings. The van der Waals surface area contributed by atoms with E-state index in [0.717, 1.165) is 0 Å². The normalized spacial score (nSPS) is 10.2. The molecule has 0 heterocycles. The van der Waals surface area contributed by atoms with Crippen LogP contribution in [0.3, 0.4) is 0 Å². The van der Waals surface area contributed by atoms with Crippen molar-refractivity contribution in [1.82, 2.24) is 5.32 Å². The molecule has 0 saturated carbocycles. The van der Waals surface area contributed by atoms with Gasteiger partial charge in [0.25, 0.3) is 5.91 Å². The quantitative estimate of drug-likeness (QED) is 0.708. The summed E-state index contributed by atoms with van der Waals surface area (Å²) in [5.41, 5.74) is 1.06. The first kappa shape index (κ1) is 19.1. The summed E-state index contributed by atoms with van der Waals surface area (Å²) in [6.07, 6.45) is 0.815. The van der Waals surface area contributed by atoms with Gasteiger partial charge < -0.3 is 15.4 Å². The number of hydrogen-bond donors (Lipinski definition) is 2. The van der Waals surface area contributed by atoms with Crippen molar-refractivity contribution >= 4 is 40.7 Å². The molecule has 0 aliphatic heterocycles. The molecule has 0 spiro atoms. The van der Waals surface area contributed by atoms with Gasteiger partial charge in [-0.3, -0.25) is 9.59 Å².